The summed E-state index contributed by atoms with van der Waals surface area (Å²) in [6, 6.07) is 14.8. The van der Waals surface area contributed by atoms with Gasteiger partial charge in [0, 0.05) is 17.8 Å². The summed E-state index contributed by atoms with van der Waals surface area (Å²) < 4.78 is 12.8. The number of thioether (sulfide) groups is 1. The Kier molecular flexibility index (Phi) is 7.59. The molecular formula is C21H23ClN4O3S. The van der Waals surface area contributed by atoms with Crippen LogP contribution in [-0.2, 0) is 4.79 Å². The van der Waals surface area contributed by atoms with Crippen molar-refractivity contribution in [2.45, 2.75) is 12.1 Å². The minimum absolute atomic E-state index is 0.0124. The van der Waals surface area contributed by atoms with Crippen LogP contribution < -0.4 is 9.47 Å². The number of hydrogen-bond acceptors (Lipinski definition) is 6. The summed E-state index contributed by atoms with van der Waals surface area (Å²) in [6.07, 6.45) is 0. The van der Waals surface area contributed by atoms with Gasteiger partial charge in [-0.25, -0.2) is 0 Å². The Morgan fingerprint density at radius 1 is 1.10 bits per heavy atom. The van der Waals surface area contributed by atoms with Gasteiger partial charge < -0.3 is 14.4 Å². The zero-order valence-electron chi connectivity index (χ0n) is 17.0. The third-order valence-electron chi connectivity index (χ3n) is 4.39. The second-order valence-electron chi connectivity index (χ2n) is 6.47. The molecule has 3 rings (SSSR count). The lowest BCUT2D eigenvalue weighted by Crippen LogP contribution is -2.32. The number of nitrogens with zero attached hydrogens (tertiary/aromatic N) is 4. The van der Waals surface area contributed by atoms with E-state index in [4.69, 9.17) is 21.1 Å². The maximum atomic E-state index is 12.5. The molecule has 3 aromatic rings. The Morgan fingerprint density at radius 2 is 1.77 bits per heavy atom. The second-order valence-corrected chi connectivity index (χ2v) is 7.85. The summed E-state index contributed by atoms with van der Waals surface area (Å²) in [5, 5.41) is 9.69. The molecule has 0 unspecified atom stereocenters. The topological polar surface area (TPSA) is 69.5 Å². The average Bonchev–Trinajstić information content (AvgIpc) is 3.13. The first kappa shape index (κ1) is 22.0. The molecule has 0 N–H and O–H groups in total. The van der Waals surface area contributed by atoms with E-state index in [1.165, 1.54) is 11.8 Å². The Labute approximate surface area is 185 Å². The first-order valence-electron chi connectivity index (χ1n) is 9.29. The van der Waals surface area contributed by atoms with Crippen LogP contribution in [0.2, 0.25) is 5.02 Å². The van der Waals surface area contributed by atoms with Crippen molar-refractivity contribution in [2.75, 3.05) is 33.1 Å². The highest BCUT2D eigenvalue weighted by atomic mass is 35.5. The molecule has 0 atom stereocenters. The largest absolute Gasteiger partial charge is 0.497 e. The number of ether oxygens (including phenoxy) is 2. The Hall–Kier alpha value is -2.71. The Balaban J connectivity index is 1.53. The number of methoxy groups -OCH3 is 1. The molecule has 1 aromatic heterocycles. The predicted molar refractivity (Wildman–Crippen MR) is 118 cm³/mol. The normalized spacial score (nSPS) is 10.7. The summed E-state index contributed by atoms with van der Waals surface area (Å²) in [7, 11) is 3.39. The smallest absolute Gasteiger partial charge is 0.232 e. The van der Waals surface area contributed by atoms with Crippen LogP contribution in [-0.4, -0.2) is 58.6 Å². The third-order valence-corrected chi connectivity index (χ3v) is 5.55. The zero-order valence-corrected chi connectivity index (χ0v) is 18.6. The van der Waals surface area contributed by atoms with E-state index >= 15 is 0 Å². The summed E-state index contributed by atoms with van der Waals surface area (Å²) in [4.78, 5) is 14.1. The van der Waals surface area contributed by atoms with Crippen molar-refractivity contribution in [3.05, 3.63) is 59.4 Å². The van der Waals surface area contributed by atoms with Crippen LogP contribution >= 0.6 is 23.4 Å². The lowest BCUT2D eigenvalue weighted by atomic mass is 10.3. The van der Waals surface area contributed by atoms with E-state index in [1.54, 1.807) is 43.3 Å². The number of likely N-dealkylation sites (N-methyl/N-ethyl adjacent to an activating group) is 1. The molecule has 0 saturated heterocycles. The highest BCUT2D eigenvalue weighted by Gasteiger charge is 2.15. The van der Waals surface area contributed by atoms with Gasteiger partial charge in [-0.15, -0.1) is 10.2 Å². The van der Waals surface area contributed by atoms with Crippen molar-refractivity contribution in [1.82, 2.24) is 19.7 Å². The van der Waals surface area contributed by atoms with Crippen molar-refractivity contribution in [1.29, 1.82) is 0 Å². The Bertz CT molecular complexity index is 977. The molecule has 0 spiro atoms. The summed E-state index contributed by atoms with van der Waals surface area (Å²) in [6.45, 7) is 2.76. The second kappa shape index (κ2) is 10.4. The quantitative estimate of drug-likeness (QED) is 0.465. The van der Waals surface area contributed by atoms with Crippen LogP contribution in [0.1, 0.15) is 5.82 Å². The SMILES string of the molecule is COc1ccc(-n2c(C)nnc2SCC(=O)N(C)CCOc2ccc(Cl)cc2)cc1. The minimum atomic E-state index is -0.0124. The molecule has 7 nitrogen and oxygen atoms in total. The molecule has 0 aliphatic heterocycles. The molecule has 9 heteroatoms. The van der Waals surface area contributed by atoms with E-state index in [0.29, 0.717) is 23.3 Å². The van der Waals surface area contributed by atoms with E-state index in [1.807, 2.05) is 35.8 Å². The lowest BCUT2D eigenvalue weighted by Gasteiger charge is -2.17. The number of carbonyl (C=O) groups is 1. The van der Waals surface area contributed by atoms with Crippen molar-refractivity contribution in [3.8, 4) is 17.2 Å². The fourth-order valence-electron chi connectivity index (χ4n) is 2.66. The molecule has 2 aromatic carbocycles. The fraction of sp³-hybridized carbons (Fsp3) is 0.286. The molecule has 1 heterocycles. The van der Waals surface area contributed by atoms with Crippen LogP contribution in [0.25, 0.3) is 5.69 Å². The molecule has 0 fully saturated rings. The average molecular weight is 447 g/mol. The summed E-state index contributed by atoms with van der Waals surface area (Å²) >= 11 is 7.21. The molecule has 0 aliphatic carbocycles. The maximum absolute atomic E-state index is 12.5. The van der Waals surface area contributed by atoms with Gasteiger partial charge in [-0.3, -0.25) is 9.36 Å². The highest BCUT2D eigenvalue weighted by Crippen LogP contribution is 2.23. The predicted octanol–water partition coefficient (Wildman–Crippen LogP) is 3.87. The van der Waals surface area contributed by atoms with E-state index in [-0.39, 0.29) is 11.7 Å². The molecule has 0 saturated carbocycles. The monoisotopic (exact) mass is 446 g/mol. The van der Waals surface area contributed by atoms with Gasteiger partial charge >= 0.3 is 0 Å². The van der Waals surface area contributed by atoms with E-state index < -0.39 is 0 Å². The molecule has 0 radical (unpaired) electrons. The molecule has 158 valence electrons. The molecule has 0 bridgehead atoms. The van der Waals surface area contributed by atoms with Gasteiger partial charge in [0.2, 0.25) is 5.91 Å². The van der Waals surface area contributed by atoms with Gasteiger partial charge in [-0.05, 0) is 55.5 Å². The van der Waals surface area contributed by atoms with Gasteiger partial charge in [-0.1, -0.05) is 23.4 Å². The van der Waals surface area contributed by atoms with E-state index in [2.05, 4.69) is 10.2 Å². The van der Waals surface area contributed by atoms with Crippen LogP contribution in [0.3, 0.4) is 0 Å². The molecule has 0 aliphatic rings. The van der Waals surface area contributed by atoms with Crippen molar-refractivity contribution in [2.24, 2.45) is 0 Å². The van der Waals surface area contributed by atoms with Crippen molar-refractivity contribution in [3.63, 3.8) is 0 Å². The van der Waals surface area contributed by atoms with Crippen LogP contribution in [0.5, 0.6) is 11.5 Å². The Morgan fingerprint density at radius 3 is 2.43 bits per heavy atom. The van der Waals surface area contributed by atoms with Crippen LogP contribution in [0, 0.1) is 6.92 Å². The van der Waals surface area contributed by atoms with Gasteiger partial charge in [0.15, 0.2) is 5.16 Å². The number of benzene rings is 2. The van der Waals surface area contributed by atoms with E-state index in [9.17, 15) is 4.79 Å². The van der Waals surface area contributed by atoms with Gasteiger partial charge in [0.1, 0.15) is 23.9 Å². The van der Waals surface area contributed by atoms with Crippen molar-refractivity contribution >= 4 is 29.3 Å². The number of rotatable bonds is 9. The summed E-state index contributed by atoms with van der Waals surface area (Å²) in [5.41, 5.74) is 0.915. The number of carbonyl (C=O) groups excluding carboxylic acids is 1. The fourth-order valence-corrected chi connectivity index (χ4v) is 3.72. The number of aromatic nitrogens is 3. The molecule has 1 amide bonds. The number of amides is 1. The number of hydrogen-bond donors (Lipinski definition) is 0. The van der Waals surface area contributed by atoms with Gasteiger partial charge in [0.25, 0.3) is 0 Å². The van der Waals surface area contributed by atoms with Gasteiger partial charge in [0.05, 0.1) is 19.4 Å². The first-order chi connectivity index (χ1) is 14.5. The van der Waals surface area contributed by atoms with Crippen LogP contribution in [0.15, 0.2) is 53.7 Å². The van der Waals surface area contributed by atoms with E-state index in [0.717, 1.165) is 23.0 Å². The number of halogens is 1. The van der Waals surface area contributed by atoms with Crippen LogP contribution in [0.4, 0.5) is 0 Å². The molecular weight excluding hydrogens is 424 g/mol. The zero-order chi connectivity index (χ0) is 21.5. The number of aryl methyl sites for hydroxylation is 1. The highest BCUT2D eigenvalue weighted by molar-refractivity contribution is 7.99. The minimum Gasteiger partial charge on any atom is -0.497 e. The standard InChI is InChI=1S/C21H23ClN4O3S/c1-15-23-24-21(26(15)17-6-10-18(28-3)11-7-17)30-14-20(27)25(2)12-13-29-19-8-4-16(22)5-9-19/h4-11H,12-14H2,1-3H3. The van der Waals surface area contributed by atoms with Crippen molar-refractivity contribution < 1.29 is 14.3 Å². The lowest BCUT2D eigenvalue weighted by molar-refractivity contribution is -0.127. The maximum Gasteiger partial charge on any atom is 0.232 e. The third kappa shape index (κ3) is 5.67. The first-order valence-corrected chi connectivity index (χ1v) is 10.7. The summed E-state index contributed by atoms with van der Waals surface area (Å²) in [5.74, 6) is 2.49. The van der Waals surface area contributed by atoms with Gasteiger partial charge in [-0.2, -0.15) is 0 Å². The molecule has 30 heavy (non-hydrogen) atoms.